The Morgan fingerprint density at radius 2 is 1.68 bits per heavy atom. The number of ether oxygens (including phenoxy) is 2. The van der Waals surface area contributed by atoms with Crippen LogP contribution in [0.5, 0.6) is 0 Å². The number of alkyl halides is 6. The minimum atomic E-state index is -5.35. The van der Waals surface area contributed by atoms with Gasteiger partial charge in [-0.2, -0.15) is 26.3 Å². The SMILES string of the molecule is CCC(C)OC(=O)[C@@H]1CC(OC(=O)C(F)(F)F)CN1C(=O)C(F)(F)F. The first-order valence-electron chi connectivity index (χ1n) is 7.13. The number of carbonyl (C=O) groups excluding carboxylic acids is 3. The zero-order valence-corrected chi connectivity index (χ0v) is 13.1. The molecule has 1 amide bonds. The van der Waals surface area contributed by atoms with Crippen LogP contribution >= 0.6 is 0 Å². The highest BCUT2D eigenvalue weighted by atomic mass is 19.4. The molecule has 1 heterocycles. The maximum absolute atomic E-state index is 12.6. The molecule has 0 aliphatic carbocycles. The third-order valence-corrected chi connectivity index (χ3v) is 3.44. The van der Waals surface area contributed by atoms with Gasteiger partial charge in [0.05, 0.1) is 12.6 Å². The highest BCUT2D eigenvalue weighted by Gasteiger charge is 2.52. The van der Waals surface area contributed by atoms with Gasteiger partial charge in [-0.3, -0.25) is 4.79 Å². The van der Waals surface area contributed by atoms with Crippen LogP contribution in [0.4, 0.5) is 26.3 Å². The average molecular weight is 379 g/mol. The number of amides is 1. The van der Waals surface area contributed by atoms with E-state index >= 15 is 0 Å². The van der Waals surface area contributed by atoms with E-state index < -0.39 is 61.4 Å². The summed E-state index contributed by atoms with van der Waals surface area (Å²) >= 11 is 0. The Morgan fingerprint density at radius 3 is 2.12 bits per heavy atom. The van der Waals surface area contributed by atoms with E-state index in [9.17, 15) is 40.7 Å². The van der Waals surface area contributed by atoms with E-state index in [2.05, 4.69) is 4.74 Å². The number of halogens is 6. The van der Waals surface area contributed by atoms with E-state index in [1.54, 1.807) is 6.92 Å². The standard InChI is InChI=1S/C13H15F6NO5/c1-3-6(2)24-9(21)8-4-7(25-11(23)13(17,18)19)5-20(8)10(22)12(14,15)16/h6-8H,3-5H2,1-2H3/t6?,7?,8-/m0/s1. The molecule has 1 aliphatic rings. The highest BCUT2D eigenvalue weighted by molar-refractivity contribution is 5.88. The van der Waals surface area contributed by atoms with Crippen molar-refractivity contribution in [1.29, 1.82) is 0 Å². The summed E-state index contributed by atoms with van der Waals surface area (Å²) in [5.41, 5.74) is 0. The predicted molar refractivity (Wildman–Crippen MR) is 68.0 cm³/mol. The van der Waals surface area contributed by atoms with E-state index in [0.717, 1.165) is 0 Å². The second kappa shape index (κ2) is 7.48. The fraction of sp³-hybridized carbons (Fsp3) is 0.769. The molecule has 0 aromatic rings. The Bertz CT molecular complexity index is 532. The second-order valence-corrected chi connectivity index (χ2v) is 5.39. The van der Waals surface area contributed by atoms with E-state index in [1.165, 1.54) is 6.92 Å². The molecular formula is C13H15F6NO5. The van der Waals surface area contributed by atoms with Gasteiger partial charge in [-0.1, -0.05) is 6.92 Å². The molecule has 3 atom stereocenters. The molecule has 6 nitrogen and oxygen atoms in total. The van der Waals surface area contributed by atoms with Gasteiger partial charge in [-0.05, 0) is 13.3 Å². The van der Waals surface area contributed by atoms with Crippen LogP contribution < -0.4 is 0 Å². The van der Waals surface area contributed by atoms with Crippen molar-refractivity contribution in [2.75, 3.05) is 6.54 Å². The van der Waals surface area contributed by atoms with Crippen molar-refractivity contribution in [2.45, 2.75) is 57.3 Å². The van der Waals surface area contributed by atoms with Gasteiger partial charge < -0.3 is 14.4 Å². The molecule has 0 saturated carbocycles. The largest absolute Gasteiger partial charge is 0.490 e. The van der Waals surface area contributed by atoms with Crippen molar-refractivity contribution in [3.05, 3.63) is 0 Å². The lowest BCUT2D eigenvalue weighted by Crippen LogP contribution is -2.48. The normalized spacial score (nSPS) is 22.5. The van der Waals surface area contributed by atoms with Crippen LogP contribution in [-0.4, -0.2) is 59.9 Å². The minimum Gasteiger partial charge on any atom is -0.461 e. The Hall–Kier alpha value is -2.01. The Morgan fingerprint density at radius 1 is 1.12 bits per heavy atom. The molecule has 0 aromatic heterocycles. The maximum Gasteiger partial charge on any atom is 0.490 e. The average Bonchev–Trinajstić information content (AvgIpc) is 2.87. The van der Waals surface area contributed by atoms with Gasteiger partial charge in [0.2, 0.25) is 0 Å². The maximum atomic E-state index is 12.6. The van der Waals surface area contributed by atoms with Crippen LogP contribution in [0.3, 0.4) is 0 Å². The molecule has 25 heavy (non-hydrogen) atoms. The van der Waals surface area contributed by atoms with Gasteiger partial charge in [-0.25, -0.2) is 9.59 Å². The number of rotatable bonds is 4. The number of esters is 2. The number of carbonyl (C=O) groups is 3. The molecule has 144 valence electrons. The monoisotopic (exact) mass is 379 g/mol. The molecule has 12 heteroatoms. The van der Waals surface area contributed by atoms with Crippen molar-refractivity contribution in [3.63, 3.8) is 0 Å². The smallest absolute Gasteiger partial charge is 0.461 e. The summed E-state index contributed by atoms with van der Waals surface area (Å²) in [7, 11) is 0. The van der Waals surface area contributed by atoms with Gasteiger partial charge in [0, 0.05) is 6.42 Å². The van der Waals surface area contributed by atoms with Crippen molar-refractivity contribution in [1.82, 2.24) is 4.90 Å². The first-order valence-corrected chi connectivity index (χ1v) is 7.13. The van der Waals surface area contributed by atoms with Gasteiger partial charge >= 0.3 is 30.2 Å². The molecule has 1 aliphatic heterocycles. The molecule has 0 bridgehead atoms. The van der Waals surface area contributed by atoms with Crippen molar-refractivity contribution in [2.24, 2.45) is 0 Å². The van der Waals surface area contributed by atoms with Crippen molar-refractivity contribution in [3.8, 4) is 0 Å². The molecule has 1 saturated heterocycles. The van der Waals surface area contributed by atoms with Crippen LogP contribution in [-0.2, 0) is 23.9 Å². The zero-order valence-electron chi connectivity index (χ0n) is 13.1. The number of likely N-dealkylation sites (tertiary alicyclic amines) is 1. The fourth-order valence-corrected chi connectivity index (χ4v) is 2.07. The molecule has 1 rings (SSSR count). The fourth-order valence-electron chi connectivity index (χ4n) is 2.07. The summed E-state index contributed by atoms with van der Waals surface area (Å²) in [5.74, 6) is -6.26. The number of nitrogens with zero attached hydrogens (tertiary/aromatic N) is 1. The number of hydrogen-bond donors (Lipinski definition) is 0. The van der Waals surface area contributed by atoms with Crippen molar-refractivity contribution >= 4 is 17.8 Å². The summed E-state index contributed by atoms with van der Waals surface area (Å²) in [5, 5.41) is 0. The first-order chi connectivity index (χ1) is 11.3. The zero-order chi connectivity index (χ0) is 19.6. The lowest BCUT2D eigenvalue weighted by Gasteiger charge is -2.24. The molecule has 1 fully saturated rings. The third-order valence-electron chi connectivity index (χ3n) is 3.44. The lowest BCUT2D eigenvalue weighted by atomic mass is 10.2. The van der Waals surface area contributed by atoms with E-state index in [0.29, 0.717) is 6.42 Å². The van der Waals surface area contributed by atoms with Crippen LogP contribution in [0, 0.1) is 0 Å². The van der Waals surface area contributed by atoms with Crippen molar-refractivity contribution < 1.29 is 50.2 Å². The predicted octanol–water partition coefficient (Wildman–Crippen LogP) is 1.97. The first kappa shape index (κ1) is 21.0. The summed E-state index contributed by atoms with van der Waals surface area (Å²) in [4.78, 5) is 34.2. The molecular weight excluding hydrogens is 364 g/mol. The molecule has 0 aromatic carbocycles. The summed E-state index contributed by atoms with van der Waals surface area (Å²) in [6, 6.07) is -1.80. The van der Waals surface area contributed by atoms with Gasteiger partial charge in [0.25, 0.3) is 0 Å². The Balaban J connectivity index is 2.95. The summed E-state index contributed by atoms with van der Waals surface area (Å²) in [6.45, 7) is 2.07. The Kier molecular flexibility index (Phi) is 6.29. The van der Waals surface area contributed by atoms with Crippen LogP contribution in [0.2, 0.25) is 0 Å². The quantitative estimate of drug-likeness (QED) is 0.552. The van der Waals surface area contributed by atoms with Gasteiger partial charge in [0.1, 0.15) is 12.1 Å². The summed E-state index contributed by atoms with van der Waals surface area (Å²) in [6.07, 6.45) is -13.5. The summed E-state index contributed by atoms with van der Waals surface area (Å²) < 4.78 is 83.3. The van der Waals surface area contributed by atoms with Crippen LogP contribution in [0.25, 0.3) is 0 Å². The molecule has 2 unspecified atom stereocenters. The topological polar surface area (TPSA) is 72.9 Å². The lowest BCUT2D eigenvalue weighted by molar-refractivity contribution is -0.204. The third kappa shape index (κ3) is 5.49. The van der Waals surface area contributed by atoms with Gasteiger partial charge in [-0.15, -0.1) is 0 Å². The second-order valence-electron chi connectivity index (χ2n) is 5.39. The van der Waals surface area contributed by atoms with E-state index in [-0.39, 0.29) is 4.90 Å². The number of hydrogen-bond acceptors (Lipinski definition) is 5. The van der Waals surface area contributed by atoms with Crippen LogP contribution in [0.1, 0.15) is 26.7 Å². The van der Waals surface area contributed by atoms with Gasteiger partial charge in [0.15, 0.2) is 0 Å². The Labute approximate surface area is 138 Å². The molecule has 0 radical (unpaired) electrons. The molecule has 0 spiro atoms. The van der Waals surface area contributed by atoms with E-state index in [4.69, 9.17) is 4.74 Å². The minimum absolute atomic E-state index is 0.0129. The van der Waals surface area contributed by atoms with E-state index in [1.807, 2.05) is 0 Å². The van der Waals surface area contributed by atoms with Crippen LogP contribution in [0.15, 0.2) is 0 Å². The highest BCUT2D eigenvalue weighted by Crippen LogP contribution is 2.29. The molecule has 0 N–H and O–H groups in total.